The molecule has 1 atom stereocenters. The van der Waals surface area contributed by atoms with Crippen molar-refractivity contribution in [3.63, 3.8) is 0 Å². The Morgan fingerprint density at radius 1 is 1.30 bits per heavy atom. The number of likely N-dealkylation sites (tertiary alicyclic amines) is 2. The maximum absolute atomic E-state index is 14.1. The van der Waals surface area contributed by atoms with E-state index >= 15 is 0 Å². The van der Waals surface area contributed by atoms with Crippen LogP contribution >= 0.6 is 0 Å². The first-order valence-corrected chi connectivity index (χ1v) is 9.82. The number of nitrogens with one attached hydrogen (secondary N) is 1. The highest BCUT2D eigenvalue weighted by Crippen LogP contribution is 2.41. The molecule has 0 aliphatic carbocycles. The molecule has 1 aromatic carbocycles. The Kier molecular flexibility index (Phi) is 4.44. The van der Waals surface area contributed by atoms with Crippen LogP contribution in [0.1, 0.15) is 48.7 Å². The highest BCUT2D eigenvalue weighted by atomic mass is 19.1. The SMILES string of the molecule is CCCN1CCC[C@]2(CCN(C(=O)c3[nH]c4c(F)cccc4c3C)C2)C1=O. The minimum absolute atomic E-state index is 0.139. The number of aromatic nitrogens is 1. The number of aromatic amines is 1. The molecule has 0 bridgehead atoms. The van der Waals surface area contributed by atoms with Crippen molar-refractivity contribution in [1.82, 2.24) is 14.8 Å². The van der Waals surface area contributed by atoms with Crippen LogP contribution in [0, 0.1) is 18.2 Å². The van der Waals surface area contributed by atoms with Crippen LogP contribution in [0.2, 0.25) is 0 Å². The van der Waals surface area contributed by atoms with Gasteiger partial charge in [-0.3, -0.25) is 9.59 Å². The minimum atomic E-state index is -0.436. The topological polar surface area (TPSA) is 56.4 Å². The lowest BCUT2D eigenvalue weighted by Crippen LogP contribution is -2.50. The summed E-state index contributed by atoms with van der Waals surface area (Å²) in [6, 6.07) is 4.86. The van der Waals surface area contributed by atoms with Gasteiger partial charge in [-0.2, -0.15) is 0 Å². The molecule has 0 unspecified atom stereocenters. The molecule has 2 fully saturated rings. The summed E-state index contributed by atoms with van der Waals surface area (Å²) in [5.74, 6) is -0.295. The Bertz CT molecular complexity index is 904. The molecule has 3 heterocycles. The number of para-hydroxylation sites is 1. The van der Waals surface area contributed by atoms with E-state index in [4.69, 9.17) is 0 Å². The molecule has 4 rings (SSSR count). The number of amides is 2. The third kappa shape index (κ3) is 2.82. The van der Waals surface area contributed by atoms with Gasteiger partial charge >= 0.3 is 0 Å². The number of benzene rings is 1. The van der Waals surface area contributed by atoms with Gasteiger partial charge in [0.15, 0.2) is 0 Å². The number of piperidine rings is 1. The number of rotatable bonds is 3. The summed E-state index contributed by atoms with van der Waals surface area (Å²) in [7, 11) is 0. The third-order valence-corrected chi connectivity index (χ3v) is 6.22. The molecule has 1 spiro atoms. The average Bonchev–Trinajstić information content (AvgIpc) is 3.23. The van der Waals surface area contributed by atoms with Crippen LogP contribution in [-0.2, 0) is 4.79 Å². The largest absolute Gasteiger partial charge is 0.348 e. The zero-order valence-electron chi connectivity index (χ0n) is 16.0. The molecule has 27 heavy (non-hydrogen) atoms. The van der Waals surface area contributed by atoms with Gasteiger partial charge in [0.25, 0.3) is 5.91 Å². The standard InChI is InChI=1S/C21H26FN3O2/c1-3-10-24-11-5-8-21(20(24)27)9-12-25(13-21)19(26)17-14(2)15-6-4-7-16(22)18(15)23-17/h4,6-7,23H,3,5,8-13H2,1-2H3/t21-/m1/s1. The van der Waals surface area contributed by atoms with Crippen LogP contribution in [0.25, 0.3) is 10.9 Å². The zero-order chi connectivity index (χ0) is 19.2. The number of nitrogens with zero attached hydrogens (tertiary/aromatic N) is 2. The van der Waals surface area contributed by atoms with Gasteiger partial charge in [0, 0.05) is 31.6 Å². The van der Waals surface area contributed by atoms with Crippen LogP contribution in [0.4, 0.5) is 4.39 Å². The Morgan fingerprint density at radius 2 is 2.11 bits per heavy atom. The molecule has 1 aromatic heterocycles. The minimum Gasteiger partial charge on any atom is -0.348 e. The summed E-state index contributed by atoms with van der Waals surface area (Å²) in [4.78, 5) is 32.9. The van der Waals surface area contributed by atoms with E-state index in [1.165, 1.54) is 6.07 Å². The Labute approximate surface area is 158 Å². The predicted molar refractivity (Wildman–Crippen MR) is 102 cm³/mol. The smallest absolute Gasteiger partial charge is 0.270 e. The monoisotopic (exact) mass is 371 g/mol. The summed E-state index contributed by atoms with van der Waals surface area (Å²) >= 11 is 0. The third-order valence-electron chi connectivity index (χ3n) is 6.22. The van der Waals surface area contributed by atoms with Gasteiger partial charge in [-0.25, -0.2) is 4.39 Å². The van der Waals surface area contributed by atoms with Crippen molar-refractivity contribution in [3.8, 4) is 0 Å². The molecule has 144 valence electrons. The number of carbonyl (C=O) groups is 2. The number of H-pyrrole nitrogens is 1. The molecular formula is C21H26FN3O2. The van der Waals surface area contributed by atoms with Gasteiger partial charge in [-0.05, 0) is 44.2 Å². The Balaban J connectivity index is 1.59. The molecule has 2 saturated heterocycles. The van der Waals surface area contributed by atoms with E-state index in [1.54, 1.807) is 11.0 Å². The van der Waals surface area contributed by atoms with E-state index in [2.05, 4.69) is 11.9 Å². The van der Waals surface area contributed by atoms with Crippen LogP contribution in [-0.4, -0.2) is 52.8 Å². The second-order valence-corrected chi connectivity index (χ2v) is 7.94. The molecular weight excluding hydrogens is 345 g/mol. The number of hydrogen-bond donors (Lipinski definition) is 1. The molecule has 5 nitrogen and oxygen atoms in total. The van der Waals surface area contributed by atoms with E-state index in [1.807, 2.05) is 17.9 Å². The van der Waals surface area contributed by atoms with E-state index in [-0.39, 0.29) is 17.6 Å². The summed E-state index contributed by atoms with van der Waals surface area (Å²) < 4.78 is 14.1. The zero-order valence-corrected chi connectivity index (χ0v) is 16.0. The Hall–Kier alpha value is -2.37. The lowest BCUT2D eigenvalue weighted by molar-refractivity contribution is -0.145. The fourth-order valence-electron chi connectivity index (χ4n) is 4.75. The lowest BCUT2D eigenvalue weighted by atomic mass is 9.78. The van der Waals surface area contributed by atoms with Crippen molar-refractivity contribution in [3.05, 3.63) is 35.3 Å². The second kappa shape index (κ2) is 6.66. The van der Waals surface area contributed by atoms with Crippen LogP contribution in [0.15, 0.2) is 18.2 Å². The van der Waals surface area contributed by atoms with Crippen molar-refractivity contribution < 1.29 is 14.0 Å². The number of aryl methyl sites for hydroxylation is 1. The van der Waals surface area contributed by atoms with Gasteiger partial charge in [-0.15, -0.1) is 0 Å². The van der Waals surface area contributed by atoms with E-state index < -0.39 is 5.41 Å². The molecule has 1 N–H and O–H groups in total. The van der Waals surface area contributed by atoms with Crippen LogP contribution in [0.3, 0.4) is 0 Å². The normalized spacial score (nSPS) is 23.0. The fourth-order valence-corrected chi connectivity index (χ4v) is 4.75. The van der Waals surface area contributed by atoms with E-state index in [9.17, 15) is 14.0 Å². The maximum Gasteiger partial charge on any atom is 0.270 e. The van der Waals surface area contributed by atoms with Gasteiger partial charge in [-0.1, -0.05) is 19.1 Å². The van der Waals surface area contributed by atoms with Crippen molar-refractivity contribution in [2.75, 3.05) is 26.2 Å². The lowest BCUT2D eigenvalue weighted by Gasteiger charge is -2.39. The second-order valence-electron chi connectivity index (χ2n) is 7.94. The summed E-state index contributed by atoms with van der Waals surface area (Å²) in [6.07, 6.45) is 3.50. The highest BCUT2D eigenvalue weighted by molar-refractivity contribution is 6.01. The maximum atomic E-state index is 14.1. The average molecular weight is 371 g/mol. The first-order valence-electron chi connectivity index (χ1n) is 9.82. The van der Waals surface area contributed by atoms with Crippen LogP contribution < -0.4 is 0 Å². The molecule has 0 radical (unpaired) electrons. The number of carbonyl (C=O) groups excluding carboxylic acids is 2. The number of halogens is 1. The molecule has 2 aliphatic rings. The first-order chi connectivity index (χ1) is 13.0. The first kappa shape index (κ1) is 18.0. The van der Waals surface area contributed by atoms with E-state index in [0.717, 1.165) is 43.3 Å². The van der Waals surface area contributed by atoms with Crippen molar-refractivity contribution in [2.45, 2.75) is 39.5 Å². The molecule has 6 heteroatoms. The van der Waals surface area contributed by atoms with Gasteiger partial charge in [0.2, 0.25) is 5.91 Å². The highest BCUT2D eigenvalue weighted by Gasteiger charge is 2.49. The van der Waals surface area contributed by atoms with E-state index in [0.29, 0.717) is 30.7 Å². The molecule has 2 aromatic rings. The number of hydrogen-bond acceptors (Lipinski definition) is 2. The molecule has 2 aliphatic heterocycles. The van der Waals surface area contributed by atoms with Crippen molar-refractivity contribution in [1.29, 1.82) is 0 Å². The fraction of sp³-hybridized carbons (Fsp3) is 0.524. The van der Waals surface area contributed by atoms with Crippen LogP contribution in [0.5, 0.6) is 0 Å². The predicted octanol–water partition coefficient (Wildman–Crippen LogP) is 3.48. The quantitative estimate of drug-likeness (QED) is 0.898. The molecule has 2 amide bonds. The summed E-state index contributed by atoms with van der Waals surface area (Å²) in [5.41, 5.74) is 1.13. The van der Waals surface area contributed by atoms with Crippen molar-refractivity contribution >= 4 is 22.7 Å². The van der Waals surface area contributed by atoms with Gasteiger partial charge in [0.1, 0.15) is 11.5 Å². The van der Waals surface area contributed by atoms with Gasteiger partial charge in [0.05, 0.1) is 10.9 Å². The van der Waals surface area contributed by atoms with Crippen molar-refractivity contribution in [2.24, 2.45) is 5.41 Å². The molecule has 0 saturated carbocycles. The van der Waals surface area contributed by atoms with Gasteiger partial charge < -0.3 is 14.8 Å². The summed E-state index contributed by atoms with van der Waals surface area (Å²) in [6.45, 7) is 6.56. The summed E-state index contributed by atoms with van der Waals surface area (Å²) in [5, 5.41) is 0.732. The Morgan fingerprint density at radius 3 is 2.85 bits per heavy atom. The number of fused-ring (bicyclic) bond motifs is 1.